The molecule has 0 rings (SSSR count). The normalized spacial score (nSPS) is 15.9. The number of carboxylic acids is 1. The number of rotatable bonds is 5. The summed E-state index contributed by atoms with van der Waals surface area (Å²) in [6.45, 7) is 4.20. The monoisotopic (exact) mass is 159 g/mol. The highest BCUT2D eigenvalue weighted by Gasteiger charge is 2.11. The minimum Gasteiger partial charge on any atom is -0.480 e. The molecule has 0 aromatic rings. The fourth-order valence-corrected chi connectivity index (χ4v) is 0.792. The number of carbonyl (C=O) groups is 1. The summed E-state index contributed by atoms with van der Waals surface area (Å²) in [6, 6.07) is -0.677. The Bertz CT molecular complexity index is 125. The van der Waals surface area contributed by atoms with Crippen molar-refractivity contribution in [3.05, 3.63) is 0 Å². The Morgan fingerprint density at radius 1 is 1.55 bits per heavy atom. The summed E-state index contributed by atoms with van der Waals surface area (Å²) in [6.07, 6.45) is 2.58. The molecule has 0 saturated carbocycles. The molecule has 0 heterocycles. The van der Waals surface area contributed by atoms with Crippen LogP contribution >= 0.6 is 0 Å². The molecular weight excluding hydrogens is 142 g/mol. The molecule has 0 saturated heterocycles. The first-order valence-corrected chi connectivity index (χ1v) is 4.06. The second-order valence-electron chi connectivity index (χ2n) is 3.04. The van der Waals surface area contributed by atoms with Gasteiger partial charge in [0.2, 0.25) is 0 Å². The number of aliphatic carboxylic acids is 1. The Kier molecular flexibility index (Phi) is 4.86. The SMILES string of the molecule is CCC(C)CCC(N)C(=O)O. The number of hydrogen-bond acceptors (Lipinski definition) is 2. The molecule has 0 aliphatic carbocycles. The summed E-state index contributed by atoms with van der Waals surface area (Å²) in [5, 5.41) is 8.44. The molecule has 0 bridgehead atoms. The van der Waals surface area contributed by atoms with Crippen molar-refractivity contribution < 1.29 is 9.90 Å². The van der Waals surface area contributed by atoms with Crippen molar-refractivity contribution in [3.8, 4) is 0 Å². The third kappa shape index (κ3) is 4.79. The van der Waals surface area contributed by atoms with Crippen LogP contribution in [0.2, 0.25) is 0 Å². The predicted octanol–water partition coefficient (Wildman–Crippen LogP) is 1.22. The minimum absolute atomic E-state index is 0.584. The van der Waals surface area contributed by atoms with E-state index in [2.05, 4.69) is 13.8 Å². The van der Waals surface area contributed by atoms with Gasteiger partial charge in [-0.1, -0.05) is 20.3 Å². The second kappa shape index (κ2) is 5.13. The van der Waals surface area contributed by atoms with Gasteiger partial charge < -0.3 is 10.8 Å². The molecular formula is C8H17NO2. The van der Waals surface area contributed by atoms with Gasteiger partial charge in [-0.15, -0.1) is 0 Å². The molecule has 0 aliphatic rings. The Labute approximate surface area is 67.6 Å². The van der Waals surface area contributed by atoms with Gasteiger partial charge in [-0.05, 0) is 18.8 Å². The molecule has 0 amide bonds. The standard InChI is InChI=1S/C8H17NO2/c1-3-6(2)4-5-7(9)8(10)11/h6-7H,3-5,9H2,1-2H3,(H,10,11). The minimum atomic E-state index is -0.895. The Morgan fingerprint density at radius 2 is 2.09 bits per heavy atom. The summed E-state index contributed by atoms with van der Waals surface area (Å²) < 4.78 is 0. The van der Waals surface area contributed by atoms with Gasteiger partial charge in [0.15, 0.2) is 0 Å². The highest BCUT2D eigenvalue weighted by molar-refractivity contribution is 5.72. The molecule has 3 nitrogen and oxygen atoms in total. The van der Waals surface area contributed by atoms with Gasteiger partial charge in [0, 0.05) is 0 Å². The summed E-state index contributed by atoms with van der Waals surface area (Å²) in [5.41, 5.74) is 5.32. The van der Waals surface area contributed by atoms with Crippen LogP contribution in [0.5, 0.6) is 0 Å². The molecule has 0 spiro atoms. The van der Waals surface area contributed by atoms with Crippen LogP contribution in [-0.2, 0) is 4.79 Å². The maximum absolute atomic E-state index is 10.3. The lowest BCUT2D eigenvalue weighted by atomic mass is 10.00. The fraction of sp³-hybridized carbons (Fsp3) is 0.875. The van der Waals surface area contributed by atoms with Crippen molar-refractivity contribution in [2.45, 2.75) is 39.2 Å². The van der Waals surface area contributed by atoms with Crippen molar-refractivity contribution in [3.63, 3.8) is 0 Å². The summed E-state index contributed by atoms with van der Waals surface area (Å²) in [7, 11) is 0. The molecule has 0 fully saturated rings. The zero-order chi connectivity index (χ0) is 8.85. The Morgan fingerprint density at radius 3 is 2.45 bits per heavy atom. The van der Waals surface area contributed by atoms with Crippen LogP contribution < -0.4 is 5.73 Å². The van der Waals surface area contributed by atoms with Crippen LogP contribution in [0, 0.1) is 5.92 Å². The average Bonchev–Trinajstić information content (AvgIpc) is 1.99. The smallest absolute Gasteiger partial charge is 0.320 e. The van der Waals surface area contributed by atoms with E-state index in [-0.39, 0.29) is 0 Å². The van der Waals surface area contributed by atoms with Gasteiger partial charge >= 0.3 is 5.97 Å². The molecule has 2 atom stereocenters. The molecule has 3 N–H and O–H groups in total. The van der Waals surface area contributed by atoms with Gasteiger partial charge in [-0.25, -0.2) is 0 Å². The van der Waals surface area contributed by atoms with E-state index in [0.29, 0.717) is 12.3 Å². The van der Waals surface area contributed by atoms with Crippen LogP contribution in [0.25, 0.3) is 0 Å². The molecule has 66 valence electrons. The van der Waals surface area contributed by atoms with Crippen molar-refractivity contribution in [1.82, 2.24) is 0 Å². The van der Waals surface area contributed by atoms with E-state index >= 15 is 0 Å². The largest absolute Gasteiger partial charge is 0.480 e. The van der Waals surface area contributed by atoms with Crippen LogP contribution in [0.1, 0.15) is 33.1 Å². The molecule has 11 heavy (non-hydrogen) atoms. The van der Waals surface area contributed by atoms with Gasteiger partial charge in [0.25, 0.3) is 0 Å². The number of hydrogen-bond donors (Lipinski definition) is 2. The van der Waals surface area contributed by atoms with Crippen molar-refractivity contribution in [2.75, 3.05) is 0 Å². The maximum Gasteiger partial charge on any atom is 0.320 e. The second-order valence-corrected chi connectivity index (χ2v) is 3.04. The number of carboxylic acid groups (broad SMARTS) is 1. The number of nitrogens with two attached hydrogens (primary N) is 1. The molecule has 0 aromatic carbocycles. The zero-order valence-electron chi connectivity index (χ0n) is 7.21. The Hall–Kier alpha value is -0.570. The quantitative estimate of drug-likeness (QED) is 0.634. The van der Waals surface area contributed by atoms with Crippen molar-refractivity contribution >= 4 is 5.97 Å². The lowest BCUT2D eigenvalue weighted by Gasteiger charge is -2.09. The van der Waals surface area contributed by atoms with E-state index in [1.165, 1.54) is 0 Å². The first kappa shape index (κ1) is 10.4. The van der Waals surface area contributed by atoms with Crippen LogP contribution in [0.3, 0.4) is 0 Å². The highest BCUT2D eigenvalue weighted by Crippen LogP contribution is 2.10. The van der Waals surface area contributed by atoms with Gasteiger partial charge in [0.05, 0.1) is 0 Å². The first-order chi connectivity index (χ1) is 5.07. The first-order valence-electron chi connectivity index (χ1n) is 4.06. The topological polar surface area (TPSA) is 63.3 Å². The van der Waals surface area contributed by atoms with Gasteiger partial charge in [-0.3, -0.25) is 4.79 Å². The van der Waals surface area contributed by atoms with E-state index in [1.54, 1.807) is 0 Å². The maximum atomic E-state index is 10.3. The van der Waals surface area contributed by atoms with E-state index in [4.69, 9.17) is 10.8 Å². The molecule has 0 aliphatic heterocycles. The molecule has 0 aromatic heterocycles. The van der Waals surface area contributed by atoms with E-state index < -0.39 is 12.0 Å². The highest BCUT2D eigenvalue weighted by atomic mass is 16.4. The summed E-state index contributed by atoms with van der Waals surface area (Å²) in [4.78, 5) is 10.3. The summed E-state index contributed by atoms with van der Waals surface area (Å²) in [5.74, 6) is -0.311. The predicted molar refractivity (Wildman–Crippen MR) is 44.3 cm³/mol. The van der Waals surface area contributed by atoms with E-state index in [0.717, 1.165) is 12.8 Å². The van der Waals surface area contributed by atoms with E-state index in [1.807, 2.05) is 0 Å². The third-order valence-electron chi connectivity index (χ3n) is 1.98. The van der Waals surface area contributed by atoms with Crippen LogP contribution in [-0.4, -0.2) is 17.1 Å². The van der Waals surface area contributed by atoms with Gasteiger partial charge in [0.1, 0.15) is 6.04 Å². The van der Waals surface area contributed by atoms with Crippen molar-refractivity contribution in [1.29, 1.82) is 0 Å². The zero-order valence-corrected chi connectivity index (χ0v) is 7.21. The third-order valence-corrected chi connectivity index (χ3v) is 1.98. The van der Waals surface area contributed by atoms with E-state index in [9.17, 15) is 4.79 Å². The lowest BCUT2D eigenvalue weighted by molar-refractivity contribution is -0.138. The van der Waals surface area contributed by atoms with Gasteiger partial charge in [-0.2, -0.15) is 0 Å². The Balaban J connectivity index is 3.45. The summed E-state index contributed by atoms with van der Waals surface area (Å²) >= 11 is 0. The van der Waals surface area contributed by atoms with Crippen LogP contribution in [0.15, 0.2) is 0 Å². The molecule has 3 heteroatoms. The average molecular weight is 159 g/mol. The fourth-order valence-electron chi connectivity index (χ4n) is 0.792. The van der Waals surface area contributed by atoms with Crippen molar-refractivity contribution in [2.24, 2.45) is 11.7 Å². The molecule has 0 radical (unpaired) electrons. The molecule has 2 unspecified atom stereocenters. The van der Waals surface area contributed by atoms with Crippen LogP contribution in [0.4, 0.5) is 0 Å². The lowest BCUT2D eigenvalue weighted by Crippen LogP contribution is -2.30.